The average molecular weight is 375 g/mol. The minimum Gasteiger partial charge on any atom is -0.360 e. The number of pyridine rings is 1. The third kappa shape index (κ3) is 3.67. The molecule has 0 saturated carbocycles. The van der Waals surface area contributed by atoms with Gasteiger partial charge in [0, 0.05) is 35.9 Å². The number of aromatic amines is 1. The van der Waals surface area contributed by atoms with Crippen molar-refractivity contribution in [2.24, 2.45) is 0 Å². The number of nitrogens with zero attached hydrogens (tertiary/aromatic N) is 1. The van der Waals surface area contributed by atoms with E-state index in [1.165, 1.54) is 6.20 Å². The molecule has 142 valence electrons. The minimum atomic E-state index is -0.465. The van der Waals surface area contributed by atoms with E-state index in [1.54, 1.807) is 30.3 Å². The Labute approximate surface area is 162 Å². The number of hydrogen-bond donors (Lipinski definition) is 2. The van der Waals surface area contributed by atoms with Gasteiger partial charge in [-0.05, 0) is 42.7 Å². The molecule has 0 atom stereocenters. The number of para-hydroxylation sites is 1. The highest BCUT2D eigenvalue weighted by Crippen LogP contribution is 2.15. The van der Waals surface area contributed by atoms with Gasteiger partial charge in [-0.25, -0.2) is 0 Å². The van der Waals surface area contributed by atoms with E-state index in [0.29, 0.717) is 23.0 Å². The summed E-state index contributed by atoms with van der Waals surface area (Å²) in [6.45, 7) is 1.68. The van der Waals surface area contributed by atoms with Crippen LogP contribution in [0.25, 0.3) is 10.9 Å². The maximum Gasteiger partial charge on any atom is 0.261 e. The molecule has 1 fully saturated rings. The monoisotopic (exact) mass is 375 g/mol. The number of amides is 2. The molecule has 2 amide bonds. The molecule has 4 rings (SSSR count). The topological polar surface area (TPSA) is 82.3 Å². The lowest BCUT2D eigenvalue weighted by atomic mass is 10.1. The number of aromatic nitrogens is 1. The van der Waals surface area contributed by atoms with Gasteiger partial charge in [-0.3, -0.25) is 14.4 Å². The summed E-state index contributed by atoms with van der Waals surface area (Å²) >= 11 is 0. The lowest BCUT2D eigenvalue weighted by Gasteiger charge is -2.15. The summed E-state index contributed by atoms with van der Waals surface area (Å²) in [6, 6.07) is 14.2. The average Bonchev–Trinajstić information content (AvgIpc) is 3.25. The quantitative estimate of drug-likeness (QED) is 0.736. The number of hydrogen-bond acceptors (Lipinski definition) is 3. The SMILES string of the molecule is O=C(Nc1ccc(CC(=O)N2CCCC2)cc1)c1c[nH]c2ccccc2c1=O. The molecule has 1 saturated heterocycles. The summed E-state index contributed by atoms with van der Waals surface area (Å²) in [5.41, 5.74) is 1.93. The van der Waals surface area contributed by atoms with E-state index in [-0.39, 0.29) is 16.9 Å². The Morgan fingerprint density at radius 3 is 2.46 bits per heavy atom. The second-order valence-corrected chi connectivity index (χ2v) is 6.99. The number of nitrogens with one attached hydrogen (secondary N) is 2. The smallest absolute Gasteiger partial charge is 0.261 e. The standard InChI is InChI=1S/C22H21N3O3/c26-20(25-11-3-4-12-25)13-15-7-9-16(10-8-15)24-22(28)18-14-23-19-6-2-1-5-17(19)21(18)27/h1-2,5-10,14H,3-4,11-13H2,(H,23,27)(H,24,28). The van der Waals surface area contributed by atoms with Crippen LogP contribution in [-0.2, 0) is 11.2 Å². The molecule has 2 aromatic carbocycles. The fraction of sp³-hybridized carbons (Fsp3) is 0.227. The van der Waals surface area contributed by atoms with Crippen molar-refractivity contribution in [2.45, 2.75) is 19.3 Å². The molecular formula is C22H21N3O3. The Morgan fingerprint density at radius 1 is 1.00 bits per heavy atom. The second kappa shape index (κ2) is 7.68. The minimum absolute atomic E-state index is 0.0620. The Hall–Kier alpha value is -3.41. The Kier molecular flexibility index (Phi) is 4.93. The van der Waals surface area contributed by atoms with Crippen molar-refractivity contribution in [3.05, 3.63) is 76.1 Å². The van der Waals surface area contributed by atoms with Crippen LogP contribution >= 0.6 is 0 Å². The molecule has 6 heteroatoms. The first-order valence-corrected chi connectivity index (χ1v) is 9.40. The van der Waals surface area contributed by atoms with Crippen molar-refractivity contribution < 1.29 is 9.59 Å². The highest BCUT2D eigenvalue weighted by Gasteiger charge is 2.18. The van der Waals surface area contributed by atoms with Gasteiger partial charge >= 0.3 is 0 Å². The third-order valence-corrected chi connectivity index (χ3v) is 5.06. The Balaban J connectivity index is 1.45. The van der Waals surface area contributed by atoms with Crippen molar-refractivity contribution in [1.82, 2.24) is 9.88 Å². The van der Waals surface area contributed by atoms with Crippen molar-refractivity contribution in [3.8, 4) is 0 Å². The van der Waals surface area contributed by atoms with E-state index in [4.69, 9.17) is 0 Å². The van der Waals surface area contributed by atoms with Crippen LogP contribution in [0.15, 0.2) is 59.5 Å². The molecular weight excluding hydrogens is 354 g/mol. The van der Waals surface area contributed by atoms with Crippen LogP contribution in [0.4, 0.5) is 5.69 Å². The molecule has 0 spiro atoms. The Bertz CT molecular complexity index is 1080. The highest BCUT2D eigenvalue weighted by atomic mass is 16.2. The molecule has 2 N–H and O–H groups in total. The summed E-state index contributed by atoms with van der Waals surface area (Å²) in [5, 5.41) is 3.22. The van der Waals surface area contributed by atoms with Crippen LogP contribution in [0.1, 0.15) is 28.8 Å². The first-order valence-electron chi connectivity index (χ1n) is 9.40. The van der Waals surface area contributed by atoms with Crippen LogP contribution in [-0.4, -0.2) is 34.8 Å². The van der Waals surface area contributed by atoms with E-state index in [1.807, 2.05) is 23.1 Å². The predicted molar refractivity (Wildman–Crippen MR) is 108 cm³/mol. The van der Waals surface area contributed by atoms with E-state index in [2.05, 4.69) is 10.3 Å². The van der Waals surface area contributed by atoms with Crippen LogP contribution in [0.5, 0.6) is 0 Å². The number of fused-ring (bicyclic) bond motifs is 1. The molecule has 1 aliphatic rings. The largest absolute Gasteiger partial charge is 0.360 e. The van der Waals surface area contributed by atoms with Gasteiger partial charge in [0.05, 0.1) is 6.42 Å². The third-order valence-electron chi connectivity index (χ3n) is 5.06. The van der Waals surface area contributed by atoms with Gasteiger partial charge in [-0.1, -0.05) is 24.3 Å². The zero-order valence-electron chi connectivity index (χ0n) is 15.4. The van der Waals surface area contributed by atoms with Crippen molar-refractivity contribution in [3.63, 3.8) is 0 Å². The summed E-state index contributed by atoms with van der Waals surface area (Å²) in [6.07, 6.45) is 3.94. The van der Waals surface area contributed by atoms with Gasteiger partial charge in [0.25, 0.3) is 5.91 Å². The van der Waals surface area contributed by atoms with Gasteiger partial charge in [0.15, 0.2) is 0 Å². The molecule has 1 aromatic heterocycles. The lowest BCUT2D eigenvalue weighted by Crippen LogP contribution is -2.29. The number of carbonyl (C=O) groups excluding carboxylic acids is 2. The number of benzene rings is 2. The van der Waals surface area contributed by atoms with Crippen molar-refractivity contribution in [2.75, 3.05) is 18.4 Å². The summed E-state index contributed by atoms with van der Waals surface area (Å²) in [5.74, 6) is -0.329. The van der Waals surface area contributed by atoms with Crippen LogP contribution < -0.4 is 10.7 Å². The van der Waals surface area contributed by atoms with E-state index in [0.717, 1.165) is 31.5 Å². The first kappa shape index (κ1) is 18.0. The number of carbonyl (C=O) groups is 2. The van der Waals surface area contributed by atoms with Crippen molar-refractivity contribution >= 4 is 28.4 Å². The van der Waals surface area contributed by atoms with E-state index >= 15 is 0 Å². The number of likely N-dealkylation sites (tertiary alicyclic amines) is 1. The summed E-state index contributed by atoms with van der Waals surface area (Å²) in [7, 11) is 0. The normalized spacial score (nSPS) is 13.6. The molecule has 28 heavy (non-hydrogen) atoms. The van der Waals surface area contributed by atoms with Crippen LogP contribution in [0, 0.1) is 0 Å². The van der Waals surface area contributed by atoms with Crippen LogP contribution in [0.3, 0.4) is 0 Å². The first-order chi connectivity index (χ1) is 13.6. The summed E-state index contributed by atoms with van der Waals surface area (Å²) < 4.78 is 0. The molecule has 6 nitrogen and oxygen atoms in total. The maximum absolute atomic E-state index is 12.5. The van der Waals surface area contributed by atoms with Crippen molar-refractivity contribution in [1.29, 1.82) is 0 Å². The van der Waals surface area contributed by atoms with E-state index < -0.39 is 5.91 Å². The molecule has 0 bridgehead atoms. The summed E-state index contributed by atoms with van der Waals surface area (Å²) in [4.78, 5) is 42.2. The fourth-order valence-electron chi connectivity index (χ4n) is 3.49. The maximum atomic E-state index is 12.5. The second-order valence-electron chi connectivity index (χ2n) is 6.99. The Morgan fingerprint density at radius 2 is 1.71 bits per heavy atom. The fourth-order valence-corrected chi connectivity index (χ4v) is 3.49. The molecule has 1 aliphatic heterocycles. The van der Waals surface area contributed by atoms with Gasteiger partial charge < -0.3 is 15.2 Å². The zero-order valence-corrected chi connectivity index (χ0v) is 15.4. The van der Waals surface area contributed by atoms with E-state index in [9.17, 15) is 14.4 Å². The zero-order chi connectivity index (χ0) is 19.5. The van der Waals surface area contributed by atoms with Gasteiger partial charge in [0.1, 0.15) is 5.56 Å². The molecule has 3 aromatic rings. The van der Waals surface area contributed by atoms with Crippen LogP contribution in [0.2, 0.25) is 0 Å². The predicted octanol–water partition coefficient (Wildman–Crippen LogP) is 2.95. The number of H-pyrrole nitrogens is 1. The molecule has 0 radical (unpaired) electrons. The van der Waals surface area contributed by atoms with Gasteiger partial charge in [-0.2, -0.15) is 0 Å². The molecule has 2 heterocycles. The van der Waals surface area contributed by atoms with Gasteiger partial charge in [-0.15, -0.1) is 0 Å². The lowest BCUT2D eigenvalue weighted by molar-refractivity contribution is -0.129. The molecule has 0 aliphatic carbocycles. The molecule has 0 unspecified atom stereocenters. The number of rotatable bonds is 4. The number of anilines is 1. The highest BCUT2D eigenvalue weighted by molar-refractivity contribution is 6.05. The van der Waals surface area contributed by atoms with Gasteiger partial charge in [0.2, 0.25) is 11.3 Å².